The molecule has 0 fully saturated rings. The molecule has 0 spiro atoms. The molecular formula is C17H21N3O3. The van der Waals surface area contributed by atoms with Gasteiger partial charge in [-0.1, -0.05) is 18.2 Å². The molecule has 1 amide bonds. The Hall–Kier alpha value is -2.34. The number of carbonyl (C=O) groups excluding carboxylic acids is 2. The fraction of sp³-hybridized carbons (Fsp3) is 0.412. The predicted octanol–water partition coefficient (Wildman–Crippen LogP) is 1.33. The van der Waals surface area contributed by atoms with Gasteiger partial charge in [0.1, 0.15) is 5.92 Å². The zero-order chi connectivity index (χ0) is 16.6. The number of nitrogens with one attached hydrogen (secondary N) is 1. The number of carbonyl (C=O) groups is 2. The van der Waals surface area contributed by atoms with Crippen molar-refractivity contribution >= 4 is 22.8 Å². The van der Waals surface area contributed by atoms with Gasteiger partial charge < -0.3 is 19.5 Å². The lowest BCUT2D eigenvalue weighted by atomic mass is 9.91. The van der Waals surface area contributed by atoms with Gasteiger partial charge >= 0.3 is 5.97 Å². The lowest BCUT2D eigenvalue weighted by Gasteiger charge is -2.32. The van der Waals surface area contributed by atoms with Crippen LogP contribution in [0.1, 0.15) is 17.2 Å². The number of ether oxygens (including phenoxy) is 1. The highest BCUT2D eigenvalue weighted by molar-refractivity contribution is 5.92. The molecule has 0 bridgehead atoms. The highest BCUT2D eigenvalue weighted by Gasteiger charge is 2.35. The van der Waals surface area contributed by atoms with Crippen LogP contribution in [0.25, 0.3) is 10.9 Å². The van der Waals surface area contributed by atoms with Gasteiger partial charge in [0.2, 0.25) is 5.91 Å². The number of rotatable bonds is 3. The third kappa shape index (κ3) is 2.82. The average molecular weight is 315 g/mol. The molecule has 1 aromatic carbocycles. The van der Waals surface area contributed by atoms with Crippen molar-refractivity contribution in [1.82, 2.24) is 14.8 Å². The van der Waals surface area contributed by atoms with Crippen LogP contribution in [0.3, 0.4) is 0 Å². The molecule has 6 nitrogen and oxygen atoms in total. The third-order valence-corrected chi connectivity index (χ3v) is 4.22. The minimum atomic E-state index is -0.453. The molecule has 23 heavy (non-hydrogen) atoms. The molecule has 1 aliphatic heterocycles. The maximum atomic E-state index is 12.4. The smallest absolute Gasteiger partial charge is 0.315 e. The lowest BCUT2D eigenvalue weighted by Crippen LogP contribution is -2.44. The molecular weight excluding hydrogens is 294 g/mol. The average Bonchev–Trinajstić information content (AvgIpc) is 2.90. The summed E-state index contributed by atoms with van der Waals surface area (Å²) in [6, 6.07) is 7.88. The van der Waals surface area contributed by atoms with Gasteiger partial charge in [-0.15, -0.1) is 0 Å². The van der Waals surface area contributed by atoms with E-state index in [-0.39, 0.29) is 11.9 Å². The van der Waals surface area contributed by atoms with E-state index in [4.69, 9.17) is 4.74 Å². The molecule has 0 aliphatic carbocycles. The minimum absolute atomic E-state index is 0.00760. The van der Waals surface area contributed by atoms with Crippen LogP contribution in [-0.2, 0) is 20.9 Å². The van der Waals surface area contributed by atoms with Crippen molar-refractivity contribution in [3.05, 3.63) is 35.5 Å². The third-order valence-electron chi connectivity index (χ3n) is 4.22. The fourth-order valence-electron chi connectivity index (χ4n) is 3.20. The van der Waals surface area contributed by atoms with Gasteiger partial charge in [-0.25, -0.2) is 0 Å². The zero-order valence-electron chi connectivity index (χ0n) is 13.6. The summed E-state index contributed by atoms with van der Waals surface area (Å²) < 4.78 is 4.97. The molecule has 6 heteroatoms. The van der Waals surface area contributed by atoms with Crippen LogP contribution in [-0.4, -0.2) is 61.0 Å². The summed E-state index contributed by atoms with van der Waals surface area (Å²) in [5, 5.41) is 1.03. The van der Waals surface area contributed by atoms with Crippen LogP contribution in [0, 0.1) is 0 Å². The van der Waals surface area contributed by atoms with Crippen molar-refractivity contribution in [3.63, 3.8) is 0 Å². The van der Waals surface area contributed by atoms with E-state index >= 15 is 0 Å². The number of amides is 1. The Balaban J connectivity index is 2.02. The number of hydrogen-bond acceptors (Lipinski definition) is 4. The number of H-pyrrole nitrogens is 1. The molecule has 1 N–H and O–H groups in total. The number of likely N-dealkylation sites (N-methyl/N-ethyl adjacent to an activating group) is 1. The van der Waals surface area contributed by atoms with Crippen molar-refractivity contribution in [3.8, 4) is 0 Å². The Morgan fingerprint density at radius 1 is 1.35 bits per heavy atom. The monoisotopic (exact) mass is 315 g/mol. The van der Waals surface area contributed by atoms with Gasteiger partial charge in [0.05, 0.1) is 20.2 Å². The van der Waals surface area contributed by atoms with E-state index in [2.05, 4.69) is 4.98 Å². The SMILES string of the molecule is COC(=O)C1CN(C(=O)CN(C)C)Cc2[nH]c3ccccc3c21. The van der Waals surface area contributed by atoms with E-state index in [9.17, 15) is 9.59 Å². The number of esters is 1. The van der Waals surface area contributed by atoms with Gasteiger partial charge in [0, 0.05) is 23.1 Å². The normalized spacial score (nSPS) is 17.4. The summed E-state index contributed by atoms with van der Waals surface area (Å²) in [6.07, 6.45) is 0. The van der Waals surface area contributed by atoms with Crippen molar-refractivity contribution in [2.75, 3.05) is 34.3 Å². The van der Waals surface area contributed by atoms with E-state index < -0.39 is 5.92 Å². The number of aromatic nitrogens is 1. The second-order valence-corrected chi connectivity index (χ2v) is 6.15. The molecule has 2 heterocycles. The highest BCUT2D eigenvalue weighted by Crippen LogP contribution is 2.35. The van der Waals surface area contributed by atoms with E-state index in [0.29, 0.717) is 19.6 Å². The van der Waals surface area contributed by atoms with Crippen molar-refractivity contribution in [1.29, 1.82) is 0 Å². The number of nitrogens with zero attached hydrogens (tertiary/aromatic N) is 2. The van der Waals surface area contributed by atoms with Gasteiger partial charge in [0.15, 0.2) is 0 Å². The van der Waals surface area contributed by atoms with Crippen LogP contribution < -0.4 is 0 Å². The van der Waals surface area contributed by atoms with Crippen LogP contribution in [0.5, 0.6) is 0 Å². The number of aromatic amines is 1. The molecule has 2 aromatic rings. The molecule has 0 saturated carbocycles. The molecule has 3 rings (SSSR count). The highest BCUT2D eigenvalue weighted by atomic mass is 16.5. The Morgan fingerprint density at radius 2 is 2.09 bits per heavy atom. The van der Waals surface area contributed by atoms with Crippen molar-refractivity contribution < 1.29 is 14.3 Å². The quantitative estimate of drug-likeness (QED) is 0.868. The van der Waals surface area contributed by atoms with Gasteiger partial charge in [-0.3, -0.25) is 9.59 Å². The van der Waals surface area contributed by atoms with Gasteiger partial charge in [0.25, 0.3) is 0 Å². The molecule has 1 unspecified atom stereocenters. The first-order valence-electron chi connectivity index (χ1n) is 7.61. The van der Waals surface area contributed by atoms with Gasteiger partial charge in [-0.2, -0.15) is 0 Å². The van der Waals surface area contributed by atoms with Crippen LogP contribution in [0.15, 0.2) is 24.3 Å². The largest absolute Gasteiger partial charge is 0.468 e. The zero-order valence-corrected chi connectivity index (χ0v) is 13.6. The fourth-order valence-corrected chi connectivity index (χ4v) is 3.20. The first-order valence-corrected chi connectivity index (χ1v) is 7.61. The van der Waals surface area contributed by atoms with Crippen molar-refractivity contribution in [2.45, 2.75) is 12.5 Å². The number of para-hydroxylation sites is 1. The number of methoxy groups -OCH3 is 1. The topological polar surface area (TPSA) is 65.6 Å². The molecule has 0 saturated heterocycles. The number of benzene rings is 1. The minimum Gasteiger partial charge on any atom is -0.468 e. The summed E-state index contributed by atoms with van der Waals surface area (Å²) in [5.41, 5.74) is 2.86. The van der Waals surface area contributed by atoms with Crippen molar-refractivity contribution in [2.24, 2.45) is 0 Å². The van der Waals surface area contributed by atoms with Crippen LogP contribution in [0.4, 0.5) is 0 Å². The summed E-state index contributed by atoms with van der Waals surface area (Å²) in [6.45, 7) is 1.17. The summed E-state index contributed by atoms with van der Waals surface area (Å²) >= 11 is 0. The molecule has 0 radical (unpaired) electrons. The molecule has 122 valence electrons. The number of fused-ring (bicyclic) bond motifs is 3. The Kier molecular flexibility index (Phi) is 4.09. The van der Waals surface area contributed by atoms with Crippen LogP contribution in [0.2, 0.25) is 0 Å². The standard InChI is InChI=1S/C17H21N3O3/c1-19(2)10-15(21)20-8-12(17(22)23-3)16-11-6-4-5-7-13(11)18-14(16)9-20/h4-7,12,18H,8-10H2,1-3H3. The summed E-state index contributed by atoms with van der Waals surface area (Å²) in [4.78, 5) is 31.6. The second-order valence-electron chi connectivity index (χ2n) is 6.15. The van der Waals surface area contributed by atoms with E-state index in [0.717, 1.165) is 22.2 Å². The maximum Gasteiger partial charge on any atom is 0.315 e. The predicted molar refractivity (Wildman–Crippen MR) is 87.0 cm³/mol. The van der Waals surface area contributed by atoms with Gasteiger partial charge in [-0.05, 0) is 25.7 Å². The first kappa shape index (κ1) is 15.6. The summed E-state index contributed by atoms with van der Waals surface area (Å²) in [7, 11) is 5.10. The molecule has 1 aliphatic rings. The van der Waals surface area contributed by atoms with E-state index in [1.807, 2.05) is 43.3 Å². The number of hydrogen-bond donors (Lipinski definition) is 1. The Bertz CT molecular complexity index is 751. The van der Waals surface area contributed by atoms with Crippen LogP contribution >= 0.6 is 0 Å². The Morgan fingerprint density at radius 3 is 2.78 bits per heavy atom. The molecule has 1 atom stereocenters. The second kappa shape index (κ2) is 6.04. The first-order chi connectivity index (χ1) is 11.0. The lowest BCUT2D eigenvalue weighted by molar-refractivity contribution is -0.144. The Labute approximate surface area is 135 Å². The maximum absolute atomic E-state index is 12.4. The molecule has 1 aromatic heterocycles. The summed E-state index contributed by atoms with van der Waals surface area (Å²) in [5.74, 6) is -0.752. The van der Waals surface area contributed by atoms with E-state index in [1.54, 1.807) is 4.90 Å². The van der Waals surface area contributed by atoms with E-state index in [1.165, 1.54) is 7.11 Å².